The van der Waals surface area contributed by atoms with Gasteiger partial charge >= 0.3 is 5.97 Å². The van der Waals surface area contributed by atoms with Gasteiger partial charge in [0, 0.05) is 0 Å². The van der Waals surface area contributed by atoms with Crippen LogP contribution < -0.4 is 10.9 Å². The number of aromatic nitrogens is 2. The van der Waals surface area contributed by atoms with Crippen molar-refractivity contribution in [1.29, 1.82) is 0 Å². The highest BCUT2D eigenvalue weighted by molar-refractivity contribution is 7.14. The van der Waals surface area contributed by atoms with E-state index in [2.05, 4.69) is 15.3 Å². The third kappa shape index (κ3) is 3.65. The predicted octanol–water partition coefficient (Wildman–Crippen LogP) is 3.24. The van der Waals surface area contributed by atoms with Gasteiger partial charge < -0.3 is 20.5 Å². The fourth-order valence-electron chi connectivity index (χ4n) is 3.13. The molecule has 30 heavy (non-hydrogen) atoms. The highest BCUT2D eigenvalue weighted by Crippen LogP contribution is 2.32. The minimum atomic E-state index is -1.53. The average molecular weight is 421 g/mol. The summed E-state index contributed by atoms with van der Waals surface area (Å²) in [6.07, 6.45) is 0.135. The Bertz CT molecular complexity index is 1340. The van der Waals surface area contributed by atoms with Crippen LogP contribution >= 0.6 is 11.3 Å². The lowest BCUT2D eigenvalue weighted by Gasteiger charge is -2.09. The van der Waals surface area contributed by atoms with Crippen LogP contribution in [-0.4, -0.2) is 32.1 Å². The highest BCUT2D eigenvalue weighted by atomic mass is 32.1. The lowest BCUT2D eigenvalue weighted by Crippen LogP contribution is -2.17. The molecule has 0 saturated heterocycles. The van der Waals surface area contributed by atoms with E-state index in [1.807, 2.05) is 42.5 Å². The molecule has 0 aliphatic carbocycles. The molecule has 4 N–H and O–H groups in total. The molecule has 0 saturated carbocycles. The molecule has 0 aliphatic rings. The number of hydrogen-bond donors (Lipinski definition) is 4. The molecular formula is C21H15N3O5S. The van der Waals surface area contributed by atoms with Crippen molar-refractivity contribution in [3.63, 3.8) is 0 Å². The maximum Gasteiger partial charge on any atom is 0.358 e. The third-order valence-corrected chi connectivity index (χ3v) is 5.40. The number of aromatic carboxylic acids is 1. The molecule has 2 heterocycles. The molecule has 2 aromatic heterocycles. The zero-order valence-electron chi connectivity index (χ0n) is 15.4. The number of nitrogens with zero attached hydrogens (tertiary/aromatic N) is 1. The summed E-state index contributed by atoms with van der Waals surface area (Å²) < 4.78 is 0. The van der Waals surface area contributed by atoms with Crippen LogP contribution in [0.3, 0.4) is 0 Å². The number of carbonyl (C=O) groups excluding carboxylic acids is 1. The number of carbonyl (C=O) groups is 2. The van der Waals surface area contributed by atoms with E-state index in [-0.39, 0.29) is 18.2 Å². The molecule has 0 aliphatic heterocycles. The number of aromatic amines is 1. The smallest absolute Gasteiger partial charge is 0.358 e. The molecule has 4 rings (SSSR count). The first kappa shape index (κ1) is 19.3. The van der Waals surface area contributed by atoms with Crippen molar-refractivity contribution in [2.24, 2.45) is 0 Å². The van der Waals surface area contributed by atoms with Gasteiger partial charge in [0.2, 0.25) is 11.7 Å². The first-order chi connectivity index (χ1) is 14.4. The fourth-order valence-corrected chi connectivity index (χ4v) is 3.92. The zero-order chi connectivity index (χ0) is 21.3. The van der Waals surface area contributed by atoms with Gasteiger partial charge in [-0.05, 0) is 27.8 Å². The Hall–Kier alpha value is -3.98. The van der Waals surface area contributed by atoms with E-state index < -0.39 is 23.0 Å². The summed E-state index contributed by atoms with van der Waals surface area (Å²) in [5, 5.41) is 25.2. The molecule has 9 heteroatoms. The molecular weight excluding hydrogens is 406 g/mol. The molecule has 4 aromatic rings. The van der Waals surface area contributed by atoms with Gasteiger partial charge in [0.1, 0.15) is 0 Å². The maximum atomic E-state index is 12.7. The first-order valence-electron chi connectivity index (χ1n) is 8.85. The Morgan fingerprint density at radius 2 is 1.87 bits per heavy atom. The Morgan fingerprint density at radius 1 is 1.10 bits per heavy atom. The quantitative estimate of drug-likeness (QED) is 0.391. The number of carboxylic acids is 1. The van der Waals surface area contributed by atoms with E-state index in [0.29, 0.717) is 10.6 Å². The van der Waals surface area contributed by atoms with Crippen LogP contribution in [0, 0.1) is 0 Å². The number of aromatic hydroxyl groups is 1. The zero-order valence-corrected chi connectivity index (χ0v) is 16.2. The normalized spacial score (nSPS) is 10.8. The van der Waals surface area contributed by atoms with E-state index in [4.69, 9.17) is 5.11 Å². The lowest BCUT2D eigenvalue weighted by molar-refractivity contribution is -0.115. The molecule has 2 aromatic carbocycles. The Kier molecular flexibility index (Phi) is 5.03. The Balaban J connectivity index is 1.62. The standard InChI is InChI=1S/C21H15N3O5S/c25-15(10-12-6-3-5-11-4-1-2-7-13(11)12)22-14-8-9-30-18(14)19-23-16(21(28)29)17(26)20(27)24-19/h1-9,26H,10H2,(H,22,25)(H,28,29)(H,23,24,27). The van der Waals surface area contributed by atoms with Gasteiger partial charge in [0.05, 0.1) is 17.0 Å². The average Bonchev–Trinajstić information content (AvgIpc) is 3.18. The number of benzene rings is 2. The Labute approximate surface area is 173 Å². The van der Waals surface area contributed by atoms with Gasteiger partial charge in [-0.2, -0.15) is 0 Å². The maximum absolute atomic E-state index is 12.7. The van der Waals surface area contributed by atoms with Gasteiger partial charge in [-0.15, -0.1) is 11.3 Å². The number of carboxylic acid groups (broad SMARTS) is 1. The second-order valence-corrected chi connectivity index (χ2v) is 7.36. The van der Waals surface area contributed by atoms with Gasteiger partial charge in [0.25, 0.3) is 5.56 Å². The summed E-state index contributed by atoms with van der Waals surface area (Å²) in [4.78, 5) is 42.3. The number of anilines is 1. The molecule has 0 spiro atoms. The van der Waals surface area contributed by atoms with Crippen molar-refractivity contribution in [2.75, 3.05) is 5.32 Å². The van der Waals surface area contributed by atoms with Gasteiger partial charge in [0.15, 0.2) is 11.5 Å². The summed E-state index contributed by atoms with van der Waals surface area (Å²) in [6, 6.07) is 15.1. The number of nitrogens with one attached hydrogen (secondary N) is 2. The second kappa shape index (κ2) is 7.80. The van der Waals surface area contributed by atoms with E-state index in [1.165, 1.54) is 11.3 Å². The van der Waals surface area contributed by atoms with Crippen LogP contribution in [0.1, 0.15) is 16.1 Å². The third-order valence-electron chi connectivity index (χ3n) is 4.48. The van der Waals surface area contributed by atoms with Crippen LogP contribution in [0.2, 0.25) is 0 Å². The Morgan fingerprint density at radius 3 is 2.67 bits per heavy atom. The van der Waals surface area contributed by atoms with Crippen LogP contribution in [0.5, 0.6) is 5.75 Å². The van der Waals surface area contributed by atoms with Crippen molar-refractivity contribution in [2.45, 2.75) is 6.42 Å². The molecule has 0 atom stereocenters. The summed E-state index contributed by atoms with van der Waals surface area (Å²) in [7, 11) is 0. The summed E-state index contributed by atoms with van der Waals surface area (Å²) in [5.41, 5.74) is -0.476. The molecule has 1 amide bonds. The number of hydrogen-bond acceptors (Lipinski definition) is 6. The molecule has 0 bridgehead atoms. The van der Waals surface area contributed by atoms with E-state index >= 15 is 0 Å². The summed E-state index contributed by atoms with van der Waals surface area (Å²) in [5.74, 6) is -2.82. The van der Waals surface area contributed by atoms with Crippen LogP contribution in [0.4, 0.5) is 5.69 Å². The monoisotopic (exact) mass is 421 g/mol. The minimum Gasteiger partial charge on any atom is -0.501 e. The van der Waals surface area contributed by atoms with Gasteiger partial charge in [-0.1, -0.05) is 42.5 Å². The molecule has 0 radical (unpaired) electrons. The first-order valence-corrected chi connectivity index (χ1v) is 9.73. The molecule has 150 valence electrons. The molecule has 0 fully saturated rings. The van der Waals surface area contributed by atoms with E-state index in [0.717, 1.165) is 16.3 Å². The van der Waals surface area contributed by atoms with Crippen LogP contribution in [0.25, 0.3) is 21.5 Å². The molecule has 0 unspecified atom stereocenters. The number of amides is 1. The minimum absolute atomic E-state index is 0.0503. The van der Waals surface area contributed by atoms with Crippen molar-refractivity contribution in [3.8, 4) is 16.5 Å². The fraction of sp³-hybridized carbons (Fsp3) is 0.0476. The topological polar surface area (TPSA) is 132 Å². The van der Waals surface area contributed by atoms with Gasteiger partial charge in [-0.3, -0.25) is 9.59 Å². The van der Waals surface area contributed by atoms with Crippen LogP contribution in [-0.2, 0) is 11.2 Å². The number of rotatable bonds is 5. The van der Waals surface area contributed by atoms with Crippen molar-refractivity contribution in [1.82, 2.24) is 9.97 Å². The number of H-pyrrole nitrogens is 1. The molecule has 8 nitrogen and oxygen atoms in total. The second-order valence-electron chi connectivity index (χ2n) is 6.44. The van der Waals surface area contributed by atoms with Crippen LogP contribution in [0.15, 0.2) is 58.7 Å². The van der Waals surface area contributed by atoms with Crippen molar-refractivity contribution < 1.29 is 19.8 Å². The number of fused-ring (bicyclic) bond motifs is 1. The van der Waals surface area contributed by atoms with Gasteiger partial charge in [-0.25, -0.2) is 9.78 Å². The van der Waals surface area contributed by atoms with Crippen molar-refractivity contribution in [3.05, 3.63) is 75.5 Å². The van der Waals surface area contributed by atoms with Crippen molar-refractivity contribution >= 4 is 39.7 Å². The predicted molar refractivity (Wildman–Crippen MR) is 113 cm³/mol. The summed E-state index contributed by atoms with van der Waals surface area (Å²) in [6.45, 7) is 0. The summed E-state index contributed by atoms with van der Waals surface area (Å²) >= 11 is 1.17. The number of thiophene rings is 1. The lowest BCUT2D eigenvalue weighted by atomic mass is 10.0. The van der Waals surface area contributed by atoms with E-state index in [1.54, 1.807) is 11.4 Å². The SMILES string of the molecule is O=C(Cc1cccc2ccccc12)Nc1ccsc1-c1nc(C(=O)O)c(O)c(=O)[nH]1. The largest absolute Gasteiger partial charge is 0.501 e. The highest BCUT2D eigenvalue weighted by Gasteiger charge is 2.20. The van der Waals surface area contributed by atoms with E-state index in [9.17, 15) is 19.5 Å².